The van der Waals surface area contributed by atoms with Crippen LogP contribution in [0.2, 0.25) is 0 Å². The summed E-state index contributed by atoms with van der Waals surface area (Å²) in [5.41, 5.74) is 4.69. The van der Waals surface area contributed by atoms with Gasteiger partial charge in [-0.15, -0.1) is 11.3 Å². The van der Waals surface area contributed by atoms with Gasteiger partial charge in [-0.05, 0) is 68.5 Å². The van der Waals surface area contributed by atoms with E-state index in [0.717, 1.165) is 23.3 Å². The Balaban J connectivity index is 1.48. The van der Waals surface area contributed by atoms with Gasteiger partial charge < -0.3 is 4.90 Å². The number of hydrogen-bond donors (Lipinski definition) is 0. The Morgan fingerprint density at radius 2 is 1.73 bits per heavy atom. The van der Waals surface area contributed by atoms with Crippen LogP contribution in [0, 0.1) is 25.5 Å². The monoisotopic (exact) mass is 619 g/mol. The summed E-state index contributed by atoms with van der Waals surface area (Å²) in [6.45, 7) is 5.29. The number of thiazole rings is 1. The van der Waals surface area contributed by atoms with E-state index >= 15 is 0 Å². The van der Waals surface area contributed by atoms with E-state index in [1.165, 1.54) is 32.3 Å². The fraction of sp³-hybridized carbons (Fsp3) is 0.318. The molecule has 2 aromatic carbocycles. The summed E-state index contributed by atoms with van der Waals surface area (Å²) < 4.78 is 55.4. The molecule has 0 amide bonds. The van der Waals surface area contributed by atoms with Crippen LogP contribution in [0.15, 0.2) is 43.5 Å². The highest BCUT2D eigenvalue weighted by Crippen LogP contribution is 2.35. The number of aromatic nitrogens is 1. The van der Waals surface area contributed by atoms with E-state index in [2.05, 4.69) is 57.8 Å². The highest BCUT2D eigenvalue weighted by atomic mass is 79.9. The van der Waals surface area contributed by atoms with Crippen molar-refractivity contribution in [1.82, 2.24) is 9.29 Å². The number of hydrogen-bond acceptors (Lipinski definition) is 5. The third-order valence-corrected chi connectivity index (χ3v) is 10.2. The van der Waals surface area contributed by atoms with Gasteiger partial charge in [0.2, 0.25) is 10.0 Å². The van der Waals surface area contributed by atoms with Gasteiger partial charge in [-0.25, -0.2) is 22.2 Å². The quantitative estimate of drug-likeness (QED) is 0.345. The molecular formula is C22H21Br2F2N3O2S2. The third-order valence-electron chi connectivity index (χ3n) is 5.72. The molecule has 0 spiro atoms. The number of aryl methyl sites for hydroxylation is 2. The molecule has 1 saturated heterocycles. The molecule has 1 aromatic heterocycles. The van der Waals surface area contributed by atoms with E-state index in [0.29, 0.717) is 13.1 Å². The number of piperazine rings is 1. The molecule has 0 bridgehead atoms. The van der Waals surface area contributed by atoms with Crippen molar-refractivity contribution >= 4 is 58.4 Å². The molecule has 33 heavy (non-hydrogen) atoms. The number of sulfonamides is 1. The molecule has 3 aromatic rings. The number of rotatable bonds is 5. The lowest BCUT2D eigenvalue weighted by atomic mass is 9.99. The maximum absolute atomic E-state index is 14.6. The molecule has 5 nitrogen and oxygen atoms in total. The van der Waals surface area contributed by atoms with Gasteiger partial charge in [0.15, 0.2) is 10.9 Å². The van der Waals surface area contributed by atoms with E-state index in [1.54, 1.807) is 0 Å². The largest absolute Gasteiger partial charge is 0.345 e. The van der Waals surface area contributed by atoms with Crippen LogP contribution in [0.5, 0.6) is 0 Å². The first-order valence-corrected chi connectivity index (χ1v) is 14.1. The average molecular weight is 621 g/mol. The molecule has 4 rings (SSSR count). The molecule has 0 atom stereocenters. The van der Waals surface area contributed by atoms with Crippen LogP contribution < -0.4 is 4.90 Å². The second kappa shape index (κ2) is 9.69. The van der Waals surface area contributed by atoms with E-state index in [4.69, 9.17) is 4.98 Å². The van der Waals surface area contributed by atoms with Gasteiger partial charge in [0.1, 0.15) is 10.7 Å². The zero-order valence-corrected chi connectivity index (χ0v) is 22.7. The number of anilines is 1. The smallest absolute Gasteiger partial charge is 0.247 e. The molecule has 1 aliphatic heterocycles. The normalized spacial score (nSPS) is 15.3. The zero-order valence-electron chi connectivity index (χ0n) is 17.9. The summed E-state index contributed by atoms with van der Waals surface area (Å²) in [5, 5.41) is 2.86. The molecule has 1 aliphatic rings. The molecule has 0 N–H and O–H groups in total. The van der Waals surface area contributed by atoms with Gasteiger partial charge in [0, 0.05) is 38.0 Å². The minimum atomic E-state index is -4.22. The minimum absolute atomic E-state index is 0.147. The minimum Gasteiger partial charge on any atom is -0.345 e. The summed E-state index contributed by atoms with van der Waals surface area (Å²) >= 11 is 7.31. The summed E-state index contributed by atoms with van der Waals surface area (Å²) in [4.78, 5) is 6.10. The van der Waals surface area contributed by atoms with E-state index in [9.17, 15) is 17.2 Å². The zero-order chi connectivity index (χ0) is 23.9. The van der Waals surface area contributed by atoms with Gasteiger partial charge in [0.05, 0.1) is 14.6 Å². The first kappa shape index (κ1) is 24.7. The third kappa shape index (κ3) is 4.88. The highest BCUT2D eigenvalue weighted by molar-refractivity contribution is 9.11. The maximum atomic E-state index is 14.6. The number of halogens is 4. The van der Waals surface area contributed by atoms with Crippen LogP contribution in [-0.4, -0.2) is 43.9 Å². The Bertz CT molecular complexity index is 1260. The molecule has 176 valence electrons. The van der Waals surface area contributed by atoms with Crippen molar-refractivity contribution in [2.24, 2.45) is 0 Å². The summed E-state index contributed by atoms with van der Waals surface area (Å²) in [5.74, 6) is -1.86. The van der Waals surface area contributed by atoms with Crippen LogP contribution in [0.4, 0.5) is 13.9 Å². The second-order valence-corrected chi connectivity index (χ2v) is 12.2. The molecule has 11 heteroatoms. The molecule has 1 fully saturated rings. The van der Waals surface area contributed by atoms with Gasteiger partial charge in [-0.3, -0.25) is 0 Å². The highest BCUT2D eigenvalue weighted by Gasteiger charge is 2.35. The fourth-order valence-electron chi connectivity index (χ4n) is 3.86. The Labute approximate surface area is 212 Å². The SMILES string of the molecule is Cc1cccc(C)c1Cc1csc(N2CCN(S(=O)(=O)c3c(F)c(Br)cc(F)c3Br)CC2)n1. The van der Waals surface area contributed by atoms with Crippen molar-refractivity contribution in [2.75, 3.05) is 31.1 Å². The van der Waals surface area contributed by atoms with Crippen molar-refractivity contribution in [3.05, 3.63) is 72.6 Å². The maximum Gasteiger partial charge on any atom is 0.247 e. The van der Waals surface area contributed by atoms with Crippen molar-refractivity contribution in [2.45, 2.75) is 25.2 Å². The fourth-order valence-corrected chi connectivity index (χ4v) is 7.73. The average Bonchev–Trinajstić information content (AvgIpc) is 3.24. The first-order valence-electron chi connectivity index (χ1n) is 10.2. The van der Waals surface area contributed by atoms with Crippen molar-refractivity contribution in [3.8, 4) is 0 Å². The van der Waals surface area contributed by atoms with Crippen LogP contribution in [0.25, 0.3) is 0 Å². The summed E-state index contributed by atoms with van der Waals surface area (Å²) in [6.07, 6.45) is 0.741. The Morgan fingerprint density at radius 3 is 2.36 bits per heavy atom. The van der Waals surface area contributed by atoms with Crippen molar-refractivity contribution in [1.29, 1.82) is 0 Å². The van der Waals surface area contributed by atoms with Crippen LogP contribution in [0.3, 0.4) is 0 Å². The van der Waals surface area contributed by atoms with Gasteiger partial charge >= 0.3 is 0 Å². The van der Waals surface area contributed by atoms with Gasteiger partial charge in [0.25, 0.3) is 0 Å². The summed E-state index contributed by atoms with van der Waals surface area (Å²) in [6, 6.07) is 7.12. The predicted octanol–water partition coefficient (Wildman–Crippen LogP) is 5.66. The van der Waals surface area contributed by atoms with Crippen LogP contribution in [0.1, 0.15) is 22.4 Å². The van der Waals surface area contributed by atoms with Crippen LogP contribution >= 0.6 is 43.2 Å². The predicted molar refractivity (Wildman–Crippen MR) is 134 cm³/mol. The lowest BCUT2D eigenvalue weighted by Crippen LogP contribution is -2.49. The number of benzene rings is 2. The van der Waals surface area contributed by atoms with Crippen LogP contribution in [-0.2, 0) is 16.4 Å². The molecule has 0 saturated carbocycles. The van der Waals surface area contributed by atoms with Gasteiger partial charge in [-0.2, -0.15) is 4.31 Å². The molecule has 0 unspecified atom stereocenters. The van der Waals surface area contributed by atoms with Gasteiger partial charge in [-0.1, -0.05) is 18.2 Å². The van der Waals surface area contributed by atoms with Crippen molar-refractivity contribution < 1.29 is 17.2 Å². The standard InChI is InChI=1S/C22H21Br2F2N3O2S2/c1-13-4-3-5-14(2)16(13)10-15-12-32-22(27-15)28-6-8-29(9-7-28)33(30,31)21-19(24)18(25)11-17(23)20(21)26/h3-5,11-12H,6-10H2,1-2H3. The molecule has 0 aliphatic carbocycles. The lowest BCUT2D eigenvalue weighted by molar-refractivity contribution is 0.381. The molecular weight excluding hydrogens is 600 g/mol. The first-order chi connectivity index (χ1) is 15.6. The second-order valence-electron chi connectivity index (χ2n) is 7.86. The van der Waals surface area contributed by atoms with Crippen molar-refractivity contribution in [3.63, 3.8) is 0 Å². The Morgan fingerprint density at radius 1 is 1.09 bits per heavy atom. The topological polar surface area (TPSA) is 53.5 Å². The Kier molecular flexibility index (Phi) is 7.26. The Hall–Kier alpha value is -1.40. The van der Waals surface area contributed by atoms with E-state index in [1.807, 2.05) is 16.3 Å². The molecule has 0 radical (unpaired) electrons. The number of nitrogens with zero attached hydrogens (tertiary/aromatic N) is 3. The molecule has 2 heterocycles. The van der Waals surface area contributed by atoms with E-state index < -0.39 is 31.0 Å². The summed E-state index contributed by atoms with van der Waals surface area (Å²) in [7, 11) is -4.22. The van der Waals surface area contributed by atoms with E-state index in [-0.39, 0.29) is 17.6 Å². The lowest BCUT2D eigenvalue weighted by Gasteiger charge is -2.34.